The third-order valence-corrected chi connectivity index (χ3v) is 3.62. The van der Waals surface area contributed by atoms with Crippen LogP contribution in [0.2, 0.25) is 0 Å². The first kappa shape index (κ1) is 19.6. The highest BCUT2D eigenvalue weighted by molar-refractivity contribution is 5.76. The second-order valence-corrected chi connectivity index (χ2v) is 7.79. The number of carbonyl (C=O) groups is 2. The van der Waals surface area contributed by atoms with Gasteiger partial charge in [-0.2, -0.15) is 0 Å². The van der Waals surface area contributed by atoms with Crippen molar-refractivity contribution >= 4 is 12.3 Å². The molecule has 5 nitrogen and oxygen atoms in total. The molecule has 1 aromatic carbocycles. The van der Waals surface area contributed by atoms with Crippen LogP contribution in [-0.2, 0) is 9.53 Å². The van der Waals surface area contributed by atoms with Gasteiger partial charge in [-0.3, -0.25) is 14.6 Å². The van der Waals surface area contributed by atoms with E-state index in [1.165, 1.54) is 6.20 Å². The topological polar surface area (TPSA) is 65.5 Å². The van der Waals surface area contributed by atoms with Crippen LogP contribution in [0.4, 0.5) is 0 Å². The van der Waals surface area contributed by atoms with Gasteiger partial charge in [0.2, 0.25) is 0 Å². The Kier molecular flexibility index (Phi) is 5.80. The molecule has 0 N–H and O–H groups in total. The summed E-state index contributed by atoms with van der Waals surface area (Å²) in [7, 11) is 0. The summed E-state index contributed by atoms with van der Waals surface area (Å²) in [6, 6.07) is 11.0. The van der Waals surface area contributed by atoms with Gasteiger partial charge in [-0.05, 0) is 71.0 Å². The summed E-state index contributed by atoms with van der Waals surface area (Å²) in [5.41, 5.74) is 0.955. The molecule has 0 saturated carbocycles. The zero-order valence-corrected chi connectivity index (χ0v) is 15.9. The van der Waals surface area contributed by atoms with E-state index in [2.05, 4.69) is 4.98 Å². The van der Waals surface area contributed by atoms with E-state index in [1.807, 2.05) is 45.0 Å². The number of esters is 1. The Morgan fingerprint density at radius 3 is 2.19 bits per heavy atom. The number of hydrogen-bond donors (Lipinski definition) is 0. The van der Waals surface area contributed by atoms with E-state index in [4.69, 9.17) is 9.47 Å². The maximum absolute atomic E-state index is 12.3. The number of aromatic nitrogens is 1. The number of aldehydes is 1. The zero-order valence-electron chi connectivity index (χ0n) is 15.9. The average Bonchev–Trinajstić information content (AvgIpc) is 2.59. The summed E-state index contributed by atoms with van der Waals surface area (Å²) in [5, 5.41) is 0. The molecule has 5 heteroatoms. The molecule has 0 saturated heterocycles. The molecule has 138 valence electrons. The lowest BCUT2D eigenvalue weighted by Crippen LogP contribution is -2.37. The number of rotatable bonds is 6. The standard InChI is InChI=1S/C21H25NO4/c1-20(2,3)26-19(24)21(4,5)14-25-17-9-7-16(8-10-17)18-11-6-15(13-23)12-22-18/h6-13H,14H2,1-5H3. The molecule has 0 amide bonds. The largest absolute Gasteiger partial charge is 0.492 e. The fourth-order valence-corrected chi connectivity index (χ4v) is 2.11. The smallest absolute Gasteiger partial charge is 0.315 e. The van der Waals surface area contributed by atoms with Crippen molar-refractivity contribution in [1.29, 1.82) is 0 Å². The summed E-state index contributed by atoms with van der Waals surface area (Å²) < 4.78 is 11.2. The first-order chi connectivity index (χ1) is 12.1. The quantitative estimate of drug-likeness (QED) is 0.571. The number of nitrogens with zero attached hydrogens (tertiary/aromatic N) is 1. The highest BCUT2D eigenvalue weighted by Gasteiger charge is 2.33. The molecule has 0 aliphatic carbocycles. The van der Waals surface area contributed by atoms with Gasteiger partial charge in [0.25, 0.3) is 0 Å². The highest BCUT2D eigenvalue weighted by atomic mass is 16.6. The van der Waals surface area contributed by atoms with Crippen LogP contribution in [0.5, 0.6) is 5.75 Å². The SMILES string of the molecule is CC(C)(C)OC(=O)C(C)(C)COc1ccc(-c2ccc(C=O)cn2)cc1. The molecule has 2 aromatic rings. The van der Waals surface area contributed by atoms with Crippen LogP contribution in [0.1, 0.15) is 45.0 Å². The molecule has 0 radical (unpaired) electrons. The van der Waals surface area contributed by atoms with E-state index in [0.29, 0.717) is 11.3 Å². The second kappa shape index (κ2) is 7.68. The summed E-state index contributed by atoms with van der Waals surface area (Å²) >= 11 is 0. The lowest BCUT2D eigenvalue weighted by molar-refractivity contribution is -0.167. The molecule has 0 bridgehead atoms. The third-order valence-electron chi connectivity index (χ3n) is 3.62. The fraction of sp³-hybridized carbons (Fsp3) is 0.381. The monoisotopic (exact) mass is 355 g/mol. The van der Waals surface area contributed by atoms with Gasteiger partial charge in [0.15, 0.2) is 6.29 Å². The molecule has 0 unspecified atom stereocenters. The van der Waals surface area contributed by atoms with Crippen LogP contribution >= 0.6 is 0 Å². The minimum absolute atomic E-state index is 0.216. The number of carbonyl (C=O) groups excluding carboxylic acids is 2. The van der Waals surface area contributed by atoms with E-state index in [0.717, 1.165) is 17.5 Å². The van der Waals surface area contributed by atoms with Crippen LogP contribution in [0.25, 0.3) is 11.3 Å². The maximum Gasteiger partial charge on any atom is 0.315 e. The molecule has 26 heavy (non-hydrogen) atoms. The van der Waals surface area contributed by atoms with Crippen molar-refractivity contribution in [3.63, 3.8) is 0 Å². The lowest BCUT2D eigenvalue weighted by atomic mass is 9.94. The van der Waals surface area contributed by atoms with Gasteiger partial charge in [-0.25, -0.2) is 0 Å². The Morgan fingerprint density at radius 2 is 1.69 bits per heavy atom. The molecule has 2 rings (SSSR count). The lowest BCUT2D eigenvalue weighted by Gasteiger charge is -2.28. The summed E-state index contributed by atoms with van der Waals surface area (Å²) in [6.07, 6.45) is 2.30. The highest BCUT2D eigenvalue weighted by Crippen LogP contribution is 2.25. The average molecular weight is 355 g/mol. The van der Waals surface area contributed by atoms with Crippen LogP contribution in [0.3, 0.4) is 0 Å². The van der Waals surface area contributed by atoms with Gasteiger partial charge < -0.3 is 9.47 Å². The van der Waals surface area contributed by atoms with Gasteiger partial charge in [-0.1, -0.05) is 0 Å². The predicted molar refractivity (Wildman–Crippen MR) is 100 cm³/mol. The van der Waals surface area contributed by atoms with Crippen molar-refractivity contribution in [2.75, 3.05) is 6.61 Å². The van der Waals surface area contributed by atoms with Gasteiger partial charge in [0, 0.05) is 17.3 Å². The Balaban J connectivity index is 2.00. The van der Waals surface area contributed by atoms with Crippen LogP contribution < -0.4 is 4.74 Å². The number of hydrogen-bond acceptors (Lipinski definition) is 5. The zero-order chi connectivity index (χ0) is 19.4. The molecule has 0 aliphatic rings. The Bertz CT molecular complexity index is 756. The summed E-state index contributed by atoms with van der Waals surface area (Å²) in [5.74, 6) is 0.371. The summed E-state index contributed by atoms with van der Waals surface area (Å²) in [4.78, 5) is 27.2. The van der Waals surface area contributed by atoms with Crippen molar-refractivity contribution in [1.82, 2.24) is 4.98 Å². The van der Waals surface area contributed by atoms with Gasteiger partial charge in [0.05, 0.1) is 11.1 Å². The molecular formula is C21H25NO4. The van der Waals surface area contributed by atoms with Gasteiger partial charge >= 0.3 is 5.97 Å². The van der Waals surface area contributed by atoms with Crippen molar-refractivity contribution in [2.24, 2.45) is 5.41 Å². The predicted octanol–water partition coefficient (Wildman–Crippen LogP) is 4.31. The summed E-state index contributed by atoms with van der Waals surface area (Å²) in [6.45, 7) is 9.35. The van der Waals surface area contributed by atoms with E-state index in [9.17, 15) is 9.59 Å². The maximum atomic E-state index is 12.3. The van der Waals surface area contributed by atoms with Gasteiger partial charge in [-0.15, -0.1) is 0 Å². The molecule has 0 fully saturated rings. The van der Waals surface area contributed by atoms with Crippen LogP contribution in [0, 0.1) is 5.41 Å². The minimum atomic E-state index is -0.752. The van der Waals surface area contributed by atoms with Gasteiger partial charge in [0.1, 0.15) is 18.0 Å². The van der Waals surface area contributed by atoms with Crippen molar-refractivity contribution < 1.29 is 19.1 Å². The Hall–Kier alpha value is -2.69. The first-order valence-corrected chi connectivity index (χ1v) is 8.49. The van der Waals surface area contributed by atoms with Crippen molar-refractivity contribution in [3.8, 4) is 17.0 Å². The molecular weight excluding hydrogens is 330 g/mol. The number of ether oxygens (including phenoxy) is 2. The van der Waals surface area contributed by atoms with Crippen molar-refractivity contribution in [2.45, 2.75) is 40.2 Å². The normalized spacial score (nSPS) is 11.7. The molecule has 0 atom stereocenters. The Labute approximate surface area is 154 Å². The first-order valence-electron chi connectivity index (χ1n) is 8.49. The van der Waals surface area contributed by atoms with Crippen molar-refractivity contribution in [3.05, 3.63) is 48.2 Å². The van der Waals surface area contributed by atoms with E-state index < -0.39 is 11.0 Å². The van der Waals surface area contributed by atoms with Crippen LogP contribution in [-0.4, -0.2) is 29.4 Å². The minimum Gasteiger partial charge on any atom is -0.492 e. The van der Waals surface area contributed by atoms with E-state index >= 15 is 0 Å². The molecule has 0 spiro atoms. The number of benzene rings is 1. The fourth-order valence-electron chi connectivity index (χ4n) is 2.11. The van der Waals surface area contributed by atoms with E-state index in [1.54, 1.807) is 26.0 Å². The second-order valence-electron chi connectivity index (χ2n) is 7.79. The molecule has 1 heterocycles. The molecule has 0 aliphatic heterocycles. The number of pyridine rings is 1. The third kappa shape index (κ3) is 5.41. The van der Waals surface area contributed by atoms with E-state index in [-0.39, 0.29) is 12.6 Å². The Morgan fingerprint density at radius 1 is 1.04 bits per heavy atom. The molecule has 1 aromatic heterocycles. The van der Waals surface area contributed by atoms with Crippen LogP contribution in [0.15, 0.2) is 42.6 Å².